The number of rotatable bonds is 5. The molecule has 0 aromatic heterocycles. The first kappa shape index (κ1) is 11.0. The van der Waals surface area contributed by atoms with Gasteiger partial charge in [-0.05, 0) is 32.4 Å². The molecule has 0 aromatic rings. The molecule has 0 amide bonds. The van der Waals surface area contributed by atoms with Crippen molar-refractivity contribution in [1.82, 2.24) is 4.90 Å². The highest BCUT2D eigenvalue weighted by molar-refractivity contribution is 4.84. The van der Waals surface area contributed by atoms with E-state index in [1.54, 1.807) is 0 Å². The van der Waals surface area contributed by atoms with Crippen LogP contribution in [0.15, 0.2) is 0 Å². The van der Waals surface area contributed by atoms with Gasteiger partial charge in [0.25, 0.3) is 0 Å². The molecular formula is C11H23NO. The first-order valence-electron chi connectivity index (χ1n) is 5.65. The van der Waals surface area contributed by atoms with Crippen molar-refractivity contribution in [3.05, 3.63) is 0 Å². The molecule has 1 rings (SSSR count). The highest BCUT2D eigenvalue weighted by Gasteiger charge is 2.30. The highest BCUT2D eigenvalue weighted by Crippen LogP contribution is 2.32. The van der Waals surface area contributed by atoms with Gasteiger partial charge in [0, 0.05) is 6.54 Å². The van der Waals surface area contributed by atoms with Crippen LogP contribution in [0, 0.1) is 0 Å². The summed E-state index contributed by atoms with van der Waals surface area (Å²) in [6.45, 7) is 7.63. The molecule has 0 saturated heterocycles. The molecule has 0 aliphatic heterocycles. The van der Waals surface area contributed by atoms with E-state index in [0.717, 1.165) is 38.9 Å². The van der Waals surface area contributed by atoms with Crippen LogP contribution in [0.3, 0.4) is 0 Å². The predicted molar refractivity (Wildman–Crippen MR) is 55.8 cm³/mol. The largest absolute Gasteiger partial charge is 0.390 e. The van der Waals surface area contributed by atoms with Crippen LogP contribution in [0.25, 0.3) is 0 Å². The average molecular weight is 185 g/mol. The fraction of sp³-hybridized carbons (Fsp3) is 1.00. The maximum Gasteiger partial charge on any atom is 0.0660 e. The van der Waals surface area contributed by atoms with Crippen LogP contribution in [0.5, 0.6) is 0 Å². The third-order valence-electron chi connectivity index (χ3n) is 3.32. The zero-order valence-electron chi connectivity index (χ0n) is 9.05. The maximum atomic E-state index is 10.1. The minimum Gasteiger partial charge on any atom is -0.390 e. The van der Waals surface area contributed by atoms with Crippen LogP contribution < -0.4 is 0 Å². The smallest absolute Gasteiger partial charge is 0.0660 e. The summed E-state index contributed by atoms with van der Waals surface area (Å²) in [6, 6.07) is 0. The van der Waals surface area contributed by atoms with E-state index in [9.17, 15) is 5.11 Å². The molecule has 0 aromatic carbocycles. The average Bonchev–Trinajstić information content (AvgIpc) is 2.55. The molecule has 0 unspecified atom stereocenters. The Morgan fingerprint density at radius 1 is 1.15 bits per heavy atom. The Morgan fingerprint density at radius 3 is 2.15 bits per heavy atom. The van der Waals surface area contributed by atoms with E-state index in [-0.39, 0.29) is 5.60 Å². The van der Waals surface area contributed by atoms with E-state index in [1.165, 1.54) is 12.8 Å². The summed E-state index contributed by atoms with van der Waals surface area (Å²) < 4.78 is 0. The number of hydrogen-bond acceptors (Lipinski definition) is 2. The van der Waals surface area contributed by atoms with Gasteiger partial charge < -0.3 is 10.0 Å². The van der Waals surface area contributed by atoms with E-state index in [2.05, 4.69) is 18.7 Å². The molecule has 0 heterocycles. The molecule has 0 radical (unpaired) electrons. The fourth-order valence-electron chi connectivity index (χ4n) is 2.19. The highest BCUT2D eigenvalue weighted by atomic mass is 16.3. The summed E-state index contributed by atoms with van der Waals surface area (Å²) in [5.41, 5.74) is -0.317. The molecule has 1 aliphatic rings. The Bertz CT molecular complexity index is 137. The second-order valence-corrected chi connectivity index (χ2v) is 4.21. The van der Waals surface area contributed by atoms with Crippen LogP contribution in [0.4, 0.5) is 0 Å². The van der Waals surface area contributed by atoms with Gasteiger partial charge in [0.1, 0.15) is 0 Å². The quantitative estimate of drug-likeness (QED) is 0.708. The van der Waals surface area contributed by atoms with Crippen molar-refractivity contribution in [3.8, 4) is 0 Å². The van der Waals surface area contributed by atoms with Crippen LogP contribution in [0.1, 0.15) is 46.0 Å². The van der Waals surface area contributed by atoms with Crippen LogP contribution in [0.2, 0.25) is 0 Å². The van der Waals surface area contributed by atoms with Gasteiger partial charge in [0.2, 0.25) is 0 Å². The first-order valence-corrected chi connectivity index (χ1v) is 5.65. The summed E-state index contributed by atoms with van der Waals surface area (Å²) >= 11 is 0. The number of hydrogen-bond donors (Lipinski definition) is 1. The van der Waals surface area contributed by atoms with Crippen molar-refractivity contribution in [2.45, 2.75) is 51.6 Å². The van der Waals surface area contributed by atoms with Crippen molar-refractivity contribution in [3.63, 3.8) is 0 Å². The predicted octanol–water partition coefficient (Wildman–Crippen LogP) is 2.02. The third kappa shape index (κ3) is 3.28. The minimum atomic E-state index is -0.317. The second kappa shape index (κ2) is 4.97. The van der Waals surface area contributed by atoms with Crippen molar-refractivity contribution < 1.29 is 5.11 Å². The molecule has 1 fully saturated rings. The standard InChI is InChI=1S/C11H23NO/c1-3-12(4-2)10-9-11(13)7-5-6-8-11/h13H,3-10H2,1-2H3. The van der Waals surface area contributed by atoms with Gasteiger partial charge in [-0.2, -0.15) is 0 Å². The lowest BCUT2D eigenvalue weighted by atomic mass is 9.98. The zero-order chi connectivity index (χ0) is 9.73. The Kier molecular flexibility index (Phi) is 4.20. The van der Waals surface area contributed by atoms with Gasteiger partial charge in [0.15, 0.2) is 0 Å². The molecule has 1 aliphatic carbocycles. The Balaban J connectivity index is 2.23. The first-order chi connectivity index (χ1) is 6.20. The van der Waals surface area contributed by atoms with E-state index >= 15 is 0 Å². The van der Waals surface area contributed by atoms with Crippen LogP contribution in [-0.2, 0) is 0 Å². The van der Waals surface area contributed by atoms with Crippen LogP contribution in [-0.4, -0.2) is 35.2 Å². The van der Waals surface area contributed by atoms with Crippen molar-refractivity contribution in [2.24, 2.45) is 0 Å². The molecule has 1 saturated carbocycles. The topological polar surface area (TPSA) is 23.5 Å². The molecule has 1 N–H and O–H groups in total. The van der Waals surface area contributed by atoms with Gasteiger partial charge >= 0.3 is 0 Å². The van der Waals surface area contributed by atoms with E-state index in [0.29, 0.717) is 0 Å². The Morgan fingerprint density at radius 2 is 1.69 bits per heavy atom. The van der Waals surface area contributed by atoms with Gasteiger partial charge in [-0.1, -0.05) is 26.7 Å². The van der Waals surface area contributed by atoms with Gasteiger partial charge in [-0.3, -0.25) is 0 Å². The number of aliphatic hydroxyl groups is 1. The van der Waals surface area contributed by atoms with Gasteiger partial charge in [-0.15, -0.1) is 0 Å². The third-order valence-corrected chi connectivity index (χ3v) is 3.32. The number of nitrogens with zero attached hydrogens (tertiary/aromatic N) is 1. The second-order valence-electron chi connectivity index (χ2n) is 4.21. The lowest BCUT2D eigenvalue weighted by Gasteiger charge is -2.26. The van der Waals surface area contributed by atoms with Crippen molar-refractivity contribution in [2.75, 3.05) is 19.6 Å². The summed E-state index contributed by atoms with van der Waals surface area (Å²) in [5, 5.41) is 10.1. The summed E-state index contributed by atoms with van der Waals surface area (Å²) in [4.78, 5) is 2.39. The molecule has 0 bridgehead atoms. The zero-order valence-corrected chi connectivity index (χ0v) is 9.05. The van der Waals surface area contributed by atoms with Gasteiger partial charge in [0.05, 0.1) is 5.60 Å². The monoisotopic (exact) mass is 185 g/mol. The normalized spacial score (nSPS) is 21.2. The SMILES string of the molecule is CCN(CC)CCC1(O)CCCC1. The molecule has 0 atom stereocenters. The van der Waals surface area contributed by atoms with E-state index in [4.69, 9.17) is 0 Å². The summed E-state index contributed by atoms with van der Waals surface area (Å²) in [7, 11) is 0. The minimum absolute atomic E-state index is 0.317. The maximum absolute atomic E-state index is 10.1. The lowest BCUT2D eigenvalue weighted by Crippen LogP contribution is -2.32. The molecule has 0 spiro atoms. The van der Waals surface area contributed by atoms with Gasteiger partial charge in [-0.25, -0.2) is 0 Å². The molecule has 78 valence electrons. The Hall–Kier alpha value is -0.0800. The molecule has 2 nitrogen and oxygen atoms in total. The van der Waals surface area contributed by atoms with E-state index in [1.807, 2.05) is 0 Å². The van der Waals surface area contributed by atoms with Crippen LogP contribution >= 0.6 is 0 Å². The Labute approximate surface area is 81.9 Å². The van der Waals surface area contributed by atoms with Crippen molar-refractivity contribution >= 4 is 0 Å². The molecule has 13 heavy (non-hydrogen) atoms. The van der Waals surface area contributed by atoms with Crippen molar-refractivity contribution in [1.29, 1.82) is 0 Å². The summed E-state index contributed by atoms with van der Waals surface area (Å²) in [5.74, 6) is 0. The van der Waals surface area contributed by atoms with E-state index < -0.39 is 0 Å². The summed E-state index contributed by atoms with van der Waals surface area (Å²) in [6.07, 6.45) is 5.45. The lowest BCUT2D eigenvalue weighted by molar-refractivity contribution is 0.0290. The molecule has 2 heteroatoms. The fourth-order valence-corrected chi connectivity index (χ4v) is 2.19. The molecular weight excluding hydrogens is 162 g/mol.